The number of carbonyl (C=O) groups excluding carboxylic acids is 2. The van der Waals surface area contributed by atoms with Crippen LogP contribution in [0.2, 0.25) is 0 Å². The van der Waals surface area contributed by atoms with E-state index in [1.807, 2.05) is 54.6 Å². The van der Waals surface area contributed by atoms with Crippen LogP contribution in [-0.2, 0) is 4.79 Å². The number of fused-ring (bicyclic) bond motifs is 1. The Hall–Kier alpha value is -3.51. The number of thiazole rings is 1. The van der Waals surface area contributed by atoms with Crippen molar-refractivity contribution < 1.29 is 9.59 Å². The van der Waals surface area contributed by atoms with Gasteiger partial charge in [0.1, 0.15) is 11.0 Å². The Labute approximate surface area is 172 Å². The normalized spacial score (nSPS) is 11.8. The first-order valence-electron chi connectivity index (χ1n) is 9.23. The van der Waals surface area contributed by atoms with Gasteiger partial charge in [0.05, 0.1) is 10.2 Å². The van der Waals surface area contributed by atoms with Crippen LogP contribution < -0.4 is 10.6 Å². The first kappa shape index (κ1) is 18.8. The van der Waals surface area contributed by atoms with E-state index in [1.165, 1.54) is 0 Å². The van der Waals surface area contributed by atoms with Gasteiger partial charge in [-0.25, -0.2) is 4.98 Å². The monoisotopic (exact) mass is 401 g/mol. The molecule has 0 radical (unpaired) electrons. The lowest BCUT2D eigenvalue weighted by atomic mass is 10.2. The number of amides is 2. The summed E-state index contributed by atoms with van der Waals surface area (Å²) in [6.07, 6.45) is 0. The molecule has 6 heteroatoms. The van der Waals surface area contributed by atoms with Crippen molar-refractivity contribution in [1.29, 1.82) is 0 Å². The van der Waals surface area contributed by atoms with E-state index in [4.69, 9.17) is 0 Å². The van der Waals surface area contributed by atoms with Gasteiger partial charge in [-0.05, 0) is 43.3 Å². The average Bonchev–Trinajstić information content (AvgIpc) is 3.19. The summed E-state index contributed by atoms with van der Waals surface area (Å²) >= 11 is 1.61. The molecule has 144 valence electrons. The molecule has 0 aliphatic rings. The Balaban J connectivity index is 1.46. The molecular formula is C23H19N3O2S. The van der Waals surface area contributed by atoms with Crippen molar-refractivity contribution in [2.75, 3.05) is 5.32 Å². The van der Waals surface area contributed by atoms with Gasteiger partial charge in [0, 0.05) is 16.8 Å². The minimum atomic E-state index is -0.672. The van der Waals surface area contributed by atoms with E-state index in [2.05, 4.69) is 15.6 Å². The highest BCUT2D eigenvalue weighted by atomic mass is 32.1. The zero-order valence-corrected chi connectivity index (χ0v) is 16.6. The van der Waals surface area contributed by atoms with Crippen LogP contribution in [0.25, 0.3) is 20.8 Å². The number of benzene rings is 3. The van der Waals surface area contributed by atoms with Crippen LogP contribution in [0, 0.1) is 0 Å². The second-order valence-corrected chi connectivity index (χ2v) is 7.65. The number of hydrogen-bond acceptors (Lipinski definition) is 4. The maximum atomic E-state index is 12.5. The topological polar surface area (TPSA) is 71.1 Å². The Bertz CT molecular complexity index is 1140. The third-order valence-electron chi connectivity index (χ3n) is 4.45. The second-order valence-electron chi connectivity index (χ2n) is 6.62. The van der Waals surface area contributed by atoms with Gasteiger partial charge in [0.15, 0.2) is 0 Å². The van der Waals surface area contributed by atoms with Gasteiger partial charge in [-0.1, -0.05) is 42.5 Å². The fourth-order valence-electron chi connectivity index (χ4n) is 2.91. The molecule has 1 atom stereocenters. The molecule has 5 nitrogen and oxygen atoms in total. The molecule has 1 unspecified atom stereocenters. The number of nitrogens with one attached hydrogen (secondary N) is 2. The van der Waals surface area contributed by atoms with Gasteiger partial charge in [-0.3, -0.25) is 9.59 Å². The van der Waals surface area contributed by atoms with Crippen molar-refractivity contribution in [3.8, 4) is 10.6 Å². The average molecular weight is 401 g/mol. The van der Waals surface area contributed by atoms with Crippen LogP contribution in [0.1, 0.15) is 17.3 Å². The summed E-state index contributed by atoms with van der Waals surface area (Å²) in [7, 11) is 0. The van der Waals surface area contributed by atoms with Crippen LogP contribution in [0.3, 0.4) is 0 Å². The summed E-state index contributed by atoms with van der Waals surface area (Å²) in [4.78, 5) is 29.4. The summed E-state index contributed by atoms with van der Waals surface area (Å²) in [5, 5.41) is 6.48. The highest BCUT2D eigenvalue weighted by Crippen LogP contribution is 2.31. The Morgan fingerprint density at radius 2 is 1.69 bits per heavy atom. The van der Waals surface area contributed by atoms with Crippen LogP contribution >= 0.6 is 11.3 Å². The molecule has 0 fully saturated rings. The van der Waals surface area contributed by atoms with E-state index < -0.39 is 6.04 Å². The first-order valence-corrected chi connectivity index (χ1v) is 10.0. The number of rotatable bonds is 5. The van der Waals surface area contributed by atoms with Gasteiger partial charge < -0.3 is 10.6 Å². The molecule has 2 amide bonds. The number of hydrogen-bond donors (Lipinski definition) is 2. The van der Waals surface area contributed by atoms with E-state index in [0.29, 0.717) is 11.3 Å². The summed E-state index contributed by atoms with van der Waals surface area (Å²) in [6, 6.07) is 23.7. The minimum Gasteiger partial charge on any atom is -0.341 e. The summed E-state index contributed by atoms with van der Waals surface area (Å²) in [5.74, 6) is -0.563. The summed E-state index contributed by atoms with van der Waals surface area (Å²) in [5.41, 5.74) is 3.07. The summed E-state index contributed by atoms with van der Waals surface area (Å²) in [6.45, 7) is 1.66. The number of carbonyl (C=O) groups is 2. The lowest BCUT2D eigenvalue weighted by Gasteiger charge is -2.14. The van der Waals surface area contributed by atoms with E-state index in [-0.39, 0.29) is 11.8 Å². The minimum absolute atomic E-state index is 0.281. The molecule has 1 heterocycles. The molecule has 29 heavy (non-hydrogen) atoms. The van der Waals surface area contributed by atoms with Crippen molar-refractivity contribution in [2.24, 2.45) is 0 Å². The third kappa shape index (κ3) is 4.33. The third-order valence-corrected chi connectivity index (χ3v) is 5.53. The van der Waals surface area contributed by atoms with E-state index in [1.54, 1.807) is 42.5 Å². The molecule has 0 bridgehead atoms. The molecule has 3 aromatic carbocycles. The molecule has 1 aromatic heterocycles. The Morgan fingerprint density at radius 3 is 2.48 bits per heavy atom. The Morgan fingerprint density at radius 1 is 0.931 bits per heavy atom. The molecule has 0 saturated carbocycles. The van der Waals surface area contributed by atoms with Crippen LogP contribution in [0.5, 0.6) is 0 Å². The molecule has 0 saturated heterocycles. The predicted octanol–water partition coefficient (Wildman–Crippen LogP) is 4.72. The lowest BCUT2D eigenvalue weighted by molar-refractivity contribution is -0.117. The Kier molecular flexibility index (Phi) is 5.35. The van der Waals surface area contributed by atoms with Gasteiger partial charge >= 0.3 is 0 Å². The van der Waals surface area contributed by atoms with Gasteiger partial charge in [-0.2, -0.15) is 0 Å². The van der Waals surface area contributed by atoms with E-state index >= 15 is 0 Å². The molecule has 0 aliphatic heterocycles. The maximum Gasteiger partial charge on any atom is 0.251 e. The van der Waals surface area contributed by atoms with Crippen LogP contribution in [0.4, 0.5) is 5.69 Å². The highest BCUT2D eigenvalue weighted by molar-refractivity contribution is 7.21. The van der Waals surface area contributed by atoms with Crippen molar-refractivity contribution >= 4 is 39.1 Å². The smallest absolute Gasteiger partial charge is 0.251 e. The number of aromatic nitrogens is 1. The molecular weight excluding hydrogens is 382 g/mol. The number of nitrogens with zero attached hydrogens (tertiary/aromatic N) is 1. The lowest BCUT2D eigenvalue weighted by Crippen LogP contribution is -2.41. The fourth-order valence-corrected chi connectivity index (χ4v) is 3.87. The quantitative estimate of drug-likeness (QED) is 0.508. The van der Waals surface area contributed by atoms with Gasteiger partial charge in [-0.15, -0.1) is 11.3 Å². The van der Waals surface area contributed by atoms with Gasteiger partial charge in [0.2, 0.25) is 5.91 Å². The highest BCUT2D eigenvalue weighted by Gasteiger charge is 2.17. The predicted molar refractivity (Wildman–Crippen MR) is 117 cm³/mol. The van der Waals surface area contributed by atoms with Crippen molar-refractivity contribution in [3.63, 3.8) is 0 Å². The van der Waals surface area contributed by atoms with Crippen molar-refractivity contribution in [1.82, 2.24) is 10.3 Å². The molecule has 0 spiro atoms. The largest absolute Gasteiger partial charge is 0.341 e. The summed E-state index contributed by atoms with van der Waals surface area (Å²) < 4.78 is 1.12. The zero-order chi connectivity index (χ0) is 20.2. The fraction of sp³-hybridized carbons (Fsp3) is 0.0870. The number of anilines is 1. The van der Waals surface area contributed by atoms with Gasteiger partial charge in [0.25, 0.3) is 5.91 Å². The van der Waals surface area contributed by atoms with E-state index in [0.717, 1.165) is 20.8 Å². The first-order chi connectivity index (χ1) is 14.1. The zero-order valence-electron chi connectivity index (χ0n) is 15.8. The molecule has 4 rings (SSSR count). The molecule has 2 N–H and O–H groups in total. The van der Waals surface area contributed by atoms with E-state index in [9.17, 15) is 9.59 Å². The van der Waals surface area contributed by atoms with Crippen molar-refractivity contribution in [2.45, 2.75) is 13.0 Å². The van der Waals surface area contributed by atoms with Crippen LogP contribution in [0.15, 0.2) is 78.9 Å². The SMILES string of the molecule is CC(NC(=O)c1ccccc1)C(=O)Nc1cccc(-c2nc3ccccc3s2)c1. The number of para-hydroxylation sites is 1. The standard InChI is InChI=1S/C23H19N3O2S/c1-15(24-22(28)16-8-3-2-4-9-16)21(27)25-18-11-7-10-17(14-18)23-26-19-12-5-6-13-20(19)29-23/h2-15H,1H3,(H,24,28)(H,25,27). The molecule has 0 aliphatic carbocycles. The second kappa shape index (κ2) is 8.24. The van der Waals surface area contributed by atoms with Crippen LogP contribution in [-0.4, -0.2) is 22.8 Å². The van der Waals surface area contributed by atoms with Crippen molar-refractivity contribution in [3.05, 3.63) is 84.4 Å². The molecule has 4 aromatic rings. The maximum absolute atomic E-state index is 12.5.